The van der Waals surface area contributed by atoms with E-state index < -0.39 is 0 Å². The van der Waals surface area contributed by atoms with Crippen LogP contribution < -0.4 is 5.32 Å². The van der Waals surface area contributed by atoms with Gasteiger partial charge < -0.3 is 10.4 Å². The first-order valence-corrected chi connectivity index (χ1v) is 5.13. The molecule has 0 saturated heterocycles. The molecule has 1 aromatic carbocycles. The van der Waals surface area contributed by atoms with Gasteiger partial charge in [0.2, 0.25) is 0 Å². The monoisotopic (exact) mass is 193 g/mol. The predicted octanol–water partition coefficient (Wildman–Crippen LogP) is 1.59. The molecule has 0 aromatic heterocycles. The smallest absolute Gasteiger partial charge is 0.0587 e. The Morgan fingerprint density at radius 1 is 1.21 bits per heavy atom. The Kier molecular flexibility index (Phi) is 4.63. The van der Waals surface area contributed by atoms with Crippen molar-refractivity contribution >= 4 is 0 Å². The highest BCUT2D eigenvalue weighted by Crippen LogP contribution is 2.03. The molecule has 0 unspecified atom stereocenters. The van der Waals surface area contributed by atoms with Crippen LogP contribution in [0.25, 0.3) is 0 Å². The van der Waals surface area contributed by atoms with Crippen LogP contribution in [0.3, 0.4) is 0 Å². The van der Waals surface area contributed by atoms with E-state index in [0.29, 0.717) is 6.04 Å². The fourth-order valence-corrected chi connectivity index (χ4v) is 1.55. The summed E-state index contributed by atoms with van der Waals surface area (Å²) in [6, 6.07) is 10.8. The quantitative estimate of drug-likeness (QED) is 0.744. The molecule has 0 bridgehead atoms. The molecule has 0 radical (unpaired) electrons. The van der Waals surface area contributed by atoms with E-state index in [-0.39, 0.29) is 12.6 Å². The highest BCUT2D eigenvalue weighted by molar-refractivity contribution is 5.15. The number of hydrogen-bond acceptors (Lipinski definition) is 2. The summed E-state index contributed by atoms with van der Waals surface area (Å²) in [4.78, 5) is 0. The van der Waals surface area contributed by atoms with Crippen LogP contribution in [0.2, 0.25) is 0 Å². The molecule has 0 fully saturated rings. The molecule has 78 valence electrons. The second-order valence-electron chi connectivity index (χ2n) is 3.89. The molecule has 1 aromatic rings. The first kappa shape index (κ1) is 11.2. The first-order valence-electron chi connectivity index (χ1n) is 5.13. The zero-order valence-electron chi connectivity index (χ0n) is 8.90. The predicted molar refractivity (Wildman–Crippen MR) is 59.3 cm³/mol. The SMILES string of the molecule is CC(C)N[C@H](CO)Cc1ccccc1. The molecular weight excluding hydrogens is 174 g/mol. The molecule has 0 saturated carbocycles. The maximum atomic E-state index is 9.17. The van der Waals surface area contributed by atoms with Gasteiger partial charge in [0.15, 0.2) is 0 Å². The third kappa shape index (κ3) is 3.90. The number of rotatable bonds is 5. The standard InChI is InChI=1S/C12H19NO/c1-10(2)13-12(9-14)8-11-6-4-3-5-7-11/h3-7,10,12-14H,8-9H2,1-2H3/t12-/m0/s1. The second kappa shape index (κ2) is 5.78. The number of aliphatic hydroxyl groups excluding tert-OH is 1. The fourth-order valence-electron chi connectivity index (χ4n) is 1.55. The minimum absolute atomic E-state index is 0.164. The number of hydrogen-bond donors (Lipinski definition) is 2. The van der Waals surface area contributed by atoms with E-state index in [9.17, 15) is 5.11 Å². The van der Waals surface area contributed by atoms with E-state index >= 15 is 0 Å². The number of nitrogens with one attached hydrogen (secondary N) is 1. The maximum Gasteiger partial charge on any atom is 0.0587 e. The molecule has 0 aliphatic carbocycles. The summed E-state index contributed by atoms with van der Waals surface area (Å²) in [5, 5.41) is 12.5. The molecule has 2 N–H and O–H groups in total. The molecule has 1 rings (SSSR count). The minimum Gasteiger partial charge on any atom is -0.395 e. The Bertz CT molecular complexity index is 246. The molecule has 2 heteroatoms. The molecule has 0 amide bonds. The summed E-state index contributed by atoms with van der Waals surface area (Å²) >= 11 is 0. The van der Waals surface area contributed by atoms with Gasteiger partial charge in [0.05, 0.1) is 6.61 Å². The van der Waals surface area contributed by atoms with E-state index in [1.165, 1.54) is 5.56 Å². The van der Waals surface area contributed by atoms with Crippen molar-refractivity contribution in [1.29, 1.82) is 0 Å². The summed E-state index contributed by atoms with van der Waals surface area (Å²) < 4.78 is 0. The lowest BCUT2D eigenvalue weighted by Gasteiger charge is -2.18. The zero-order valence-corrected chi connectivity index (χ0v) is 8.90. The maximum absolute atomic E-state index is 9.17. The van der Waals surface area contributed by atoms with Crippen LogP contribution >= 0.6 is 0 Å². The topological polar surface area (TPSA) is 32.3 Å². The van der Waals surface area contributed by atoms with E-state index in [4.69, 9.17) is 0 Å². The van der Waals surface area contributed by atoms with Gasteiger partial charge in [-0.25, -0.2) is 0 Å². The summed E-state index contributed by atoms with van der Waals surface area (Å²) in [5.41, 5.74) is 1.26. The first-order chi connectivity index (χ1) is 6.72. The molecule has 0 aliphatic rings. The Labute approximate surface area is 86.0 Å². The molecule has 0 aliphatic heterocycles. The number of benzene rings is 1. The van der Waals surface area contributed by atoms with E-state index in [1.807, 2.05) is 18.2 Å². The molecule has 14 heavy (non-hydrogen) atoms. The van der Waals surface area contributed by atoms with Gasteiger partial charge in [-0.05, 0) is 12.0 Å². The van der Waals surface area contributed by atoms with Crippen molar-refractivity contribution in [3.63, 3.8) is 0 Å². The summed E-state index contributed by atoms with van der Waals surface area (Å²) in [5.74, 6) is 0. The van der Waals surface area contributed by atoms with Crippen molar-refractivity contribution in [2.45, 2.75) is 32.4 Å². The van der Waals surface area contributed by atoms with Gasteiger partial charge in [0.25, 0.3) is 0 Å². The molecular formula is C12H19NO. The molecule has 1 atom stereocenters. The lowest BCUT2D eigenvalue weighted by Crippen LogP contribution is -2.39. The lowest BCUT2D eigenvalue weighted by atomic mass is 10.1. The van der Waals surface area contributed by atoms with Crippen LogP contribution in [0.4, 0.5) is 0 Å². The third-order valence-electron chi connectivity index (χ3n) is 2.11. The van der Waals surface area contributed by atoms with E-state index in [1.54, 1.807) is 0 Å². The van der Waals surface area contributed by atoms with Crippen LogP contribution in [0.15, 0.2) is 30.3 Å². The van der Waals surface area contributed by atoms with Crippen LogP contribution in [0.5, 0.6) is 0 Å². The van der Waals surface area contributed by atoms with Crippen LogP contribution in [-0.4, -0.2) is 23.8 Å². The fraction of sp³-hybridized carbons (Fsp3) is 0.500. The average molecular weight is 193 g/mol. The minimum atomic E-state index is 0.164. The largest absolute Gasteiger partial charge is 0.395 e. The Balaban J connectivity index is 2.48. The summed E-state index contributed by atoms with van der Waals surface area (Å²) in [6.07, 6.45) is 0.884. The lowest BCUT2D eigenvalue weighted by molar-refractivity contribution is 0.234. The van der Waals surface area contributed by atoms with Crippen molar-refractivity contribution in [1.82, 2.24) is 5.32 Å². The Morgan fingerprint density at radius 3 is 2.36 bits per heavy atom. The highest BCUT2D eigenvalue weighted by Gasteiger charge is 2.08. The Morgan fingerprint density at radius 2 is 1.86 bits per heavy atom. The summed E-state index contributed by atoms with van der Waals surface area (Å²) in [6.45, 7) is 4.37. The molecule has 0 spiro atoms. The number of aliphatic hydroxyl groups is 1. The molecule has 0 heterocycles. The van der Waals surface area contributed by atoms with Crippen molar-refractivity contribution < 1.29 is 5.11 Å². The van der Waals surface area contributed by atoms with Crippen LogP contribution in [0.1, 0.15) is 19.4 Å². The van der Waals surface area contributed by atoms with Gasteiger partial charge in [-0.1, -0.05) is 44.2 Å². The van der Waals surface area contributed by atoms with Gasteiger partial charge in [0, 0.05) is 12.1 Å². The van der Waals surface area contributed by atoms with Gasteiger partial charge >= 0.3 is 0 Å². The highest BCUT2D eigenvalue weighted by atomic mass is 16.3. The normalized spacial score (nSPS) is 13.1. The van der Waals surface area contributed by atoms with Gasteiger partial charge in [0.1, 0.15) is 0 Å². The average Bonchev–Trinajstić information content (AvgIpc) is 2.17. The van der Waals surface area contributed by atoms with Crippen LogP contribution in [0, 0.1) is 0 Å². The van der Waals surface area contributed by atoms with Gasteiger partial charge in [-0.2, -0.15) is 0 Å². The zero-order chi connectivity index (χ0) is 10.4. The Hall–Kier alpha value is -0.860. The van der Waals surface area contributed by atoms with Gasteiger partial charge in [-0.15, -0.1) is 0 Å². The molecule has 2 nitrogen and oxygen atoms in total. The van der Waals surface area contributed by atoms with Crippen molar-refractivity contribution in [3.8, 4) is 0 Å². The third-order valence-corrected chi connectivity index (χ3v) is 2.11. The van der Waals surface area contributed by atoms with Crippen molar-refractivity contribution in [3.05, 3.63) is 35.9 Å². The van der Waals surface area contributed by atoms with E-state index in [0.717, 1.165) is 6.42 Å². The van der Waals surface area contributed by atoms with Crippen LogP contribution in [-0.2, 0) is 6.42 Å². The van der Waals surface area contributed by atoms with E-state index in [2.05, 4.69) is 31.3 Å². The second-order valence-corrected chi connectivity index (χ2v) is 3.89. The van der Waals surface area contributed by atoms with Gasteiger partial charge in [-0.3, -0.25) is 0 Å². The van der Waals surface area contributed by atoms with Crippen molar-refractivity contribution in [2.24, 2.45) is 0 Å². The van der Waals surface area contributed by atoms with Crippen molar-refractivity contribution in [2.75, 3.05) is 6.61 Å². The summed E-state index contributed by atoms with van der Waals surface area (Å²) in [7, 11) is 0.